The minimum Gasteiger partial charge on any atom is -0.227 e. The quantitative estimate of drug-likeness (QED) is 0.598. The first-order valence-electron chi connectivity index (χ1n) is 4.10. The van der Waals surface area contributed by atoms with Crippen molar-refractivity contribution in [1.82, 2.24) is 9.97 Å². The number of aryl methyl sites for hydroxylation is 1. The predicted molar refractivity (Wildman–Crippen MR) is 53.2 cm³/mol. The van der Waals surface area contributed by atoms with Crippen molar-refractivity contribution < 1.29 is 13.2 Å². The molecule has 0 aliphatic carbocycles. The Morgan fingerprint density at radius 3 is 2.40 bits per heavy atom. The van der Waals surface area contributed by atoms with Crippen molar-refractivity contribution in [1.29, 1.82) is 0 Å². The minimum atomic E-state index is -4.49. The molecular weight excluding hydrogens is 249 g/mol. The highest BCUT2D eigenvalue weighted by atomic mass is 35.5. The molecule has 0 spiro atoms. The molecule has 1 rings (SSSR count). The molecule has 0 N–H and O–H groups in total. The van der Waals surface area contributed by atoms with Gasteiger partial charge in [0.1, 0.15) is 11.0 Å². The third-order valence-electron chi connectivity index (χ3n) is 1.49. The van der Waals surface area contributed by atoms with Crippen molar-refractivity contribution in [3.8, 4) is 0 Å². The zero-order chi connectivity index (χ0) is 11.6. The summed E-state index contributed by atoms with van der Waals surface area (Å²) >= 11 is 6.63. The average molecular weight is 257 g/mol. The number of alkyl halides is 3. The molecule has 0 atom stereocenters. The van der Waals surface area contributed by atoms with Crippen molar-refractivity contribution in [2.45, 2.75) is 24.9 Å². The van der Waals surface area contributed by atoms with Gasteiger partial charge in [0.15, 0.2) is 5.69 Å². The lowest BCUT2D eigenvalue weighted by atomic mass is 10.4. The molecule has 0 saturated carbocycles. The number of thioether (sulfide) groups is 1. The van der Waals surface area contributed by atoms with E-state index in [1.54, 1.807) is 6.92 Å². The minimum absolute atomic E-state index is 0.0211. The first kappa shape index (κ1) is 12.6. The van der Waals surface area contributed by atoms with E-state index in [0.29, 0.717) is 5.75 Å². The van der Waals surface area contributed by atoms with Crippen molar-refractivity contribution in [3.63, 3.8) is 0 Å². The molecule has 0 aliphatic rings. The molecule has 0 bridgehead atoms. The van der Waals surface area contributed by atoms with Crippen LogP contribution >= 0.6 is 23.4 Å². The Kier molecular flexibility index (Phi) is 3.83. The first-order chi connectivity index (χ1) is 6.86. The highest BCUT2D eigenvalue weighted by Gasteiger charge is 2.37. The molecule has 0 aliphatic heterocycles. The first-order valence-corrected chi connectivity index (χ1v) is 5.46. The Balaban J connectivity index is 3.33. The van der Waals surface area contributed by atoms with Crippen molar-refractivity contribution in [2.75, 3.05) is 5.75 Å². The Bertz CT molecular complexity index is 368. The molecule has 0 unspecified atom stereocenters. The van der Waals surface area contributed by atoms with E-state index in [-0.39, 0.29) is 15.9 Å². The SMILES string of the molecule is CCSc1c(Cl)nc(C)nc1C(F)(F)F. The van der Waals surface area contributed by atoms with Gasteiger partial charge in [-0.15, -0.1) is 11.8 Å². The third-order valence-corrected chi connectivity index (χ3v) is 2.84. The number of hydrogen-bond acceptors (Lipinski definition) is 3. The average Bonchev–Trinajstić information content (AvgIpc) is 2.07. The molecular formula is C8H8ClF3N2S. The van der Waals surface area contributed by atoms with E-state index in [0.717, 1.165) is 11.8 Å². The van der Waals surface area contributed by atoms with Gasteiger partial charge in [-0.2, -0.15) is 13.2 Å². The van der Waals surface area contributed by atoms with Crippen LogP contribution in [0, 0.1) is 6.92 Å². The van der Waals surface area contributed by atoms with E-state index < -0.39 is 11.9 Å². The van der Waals surface area contributed by atoms with E-state index in [4.69, 9.17) is 11.6 Å². The lowest BCUT2D eigenvalue weighted by Gasteiger charge is -2.12. The fourth-order valence-corrected chi connectivity index (χ4v) is 2.12. The summed E-state index contributed by atoms with van der Waals surface area (Å²) in [6.45, 7) is 3.11. The van der Waals surface area contributed by atoms with Gasteiger partial charge in [0, 0.05) is 0 Å². The van der Waals surface area contributed by atoms with Gasteiger partial charge >= 0.3 is 6.18 Å². The molecule has 1 heterocycles. The number of rotatable bonds is 2. The summed E-state index contributed by atoms with van der Waals surface area (Å²) in [7, 11) is 0. The number of halogens is 4. The molecule has 0 radical (unpaired) electrons. The molecule has 0 aromatic carbocycles. The van der Waals surface area contributed by atoms with Crippen LogP contribution < -0.4 is 0 Å². The van der Waals surface area contributed by atoms with Crippen molar-refractivity contribution in [2.24, 2.45) is 0 Å². The topological polar surface area (TPSA) is 25.8 Å². The monoisotopic (exact) mass is 256 g/mol. The van der Waals surface area contributed by atoms with E-state index in [9.17, 15) is 13.2 Å². The van der Waals surface area contributed by atoms with Gasteiger partial charge in [0.05, 0.1) is 4.90 Å². The Labute approximate surface area is 94.3 Å². The van der Waals surface area contributed by atoms with Crippen LogP contribution in [0.4, 0.5) is 13.2 Å². The molecule has 2 nitrogen and oxygen atoms in total. The van der Waals surface area contributed by atoms with E-state index in [1.165, 1.54) is 6.92 Å². The van der Waals surface area contributed by atoms with Crippen LogP contribution in [0.1, 0.15) is 18.4 Å². The van der Waals surface area contributed by atoms with E-state index in [2.05, 4.69) is 9.97 Å². The van der Waals surface area contributed by atoms with Crippen LogP contribution in [-0.4, -0.2) is 15.7 Å². The maximum absolute atomic E-state index is 12.6. The van der Waals surface area contributed by atoms with Crippen molar-refractivity contribution in [3.05, 3.63) is 16.7 Å². The van der Waals surface area contributed by atoms with Gasteiger partial charge in [-0.3, -0.25) is 0 Å². The summed E-state index contributed by atoms with van der Waals surface area (Å²) in [6, 6.07) is 0. The molecule has 7 heteroatoms. The summed E-state index contributed by atoms with van der Waals surface area (Å²) in [6.07, 6.45) is -4.49. The largest absolute Gasteiger partial charge is 0.434 e. The second-order valence-electron chi connectivity index (χ2n) is 2.67. The third kappa shape index (κ3) is 2.98. The van der Waals surface area contributed by atoms with Crippen LogP contribution in [0.2, 0.25) is 5.15 Å². The van der Waals surface area contributed by atoms with Crippen LogP contribution in [0.3, 0.4) is 0 Å². The fraction of sp³-hybridized carbons (Fsp3) is 0.500. The lowest BCUT2D eigenvalue weighted by Crippen LogP contribution is -2.12. The van der Waals surface area contributed by atoms with Crippen molar-refractivity contribution >= 4 is 23.4 Å². The van der Waals surface area contributed by atoms with Crippen LogP contribution in [-0.2, 0) is 6.18 Å². The number of aromatic nitrogens is 2. The lowest BCUT2D eigenvalue weighted by molar-refractivity contribution is -0.143. The summed E-state index contributed by atoms with van der Waals surface area (Å²) in [5.74, 6) is 0.502. The summed E-state index contributed by atoms with van der Waals surface area (Å²) in [5.41, 5.74) is -0.952. The van der Waals surface area contributed by atoms with Crippen LogP contribution in [0.15, 0.2) is 4.90 Å². The maximum Gasteiger partial charge on any atom is 0.434 e. The highest BCUT2D eigenvalue weighted by molar-refractivity contribution is 7.99. The molecule has 15 heavy (non-hydrogen) atoms. The van der Waals surface area contributed by atoms with E-state index >= 15 is 0 Å². The highest BCUT2D eigenvalue weighted by Crippen LogP contribution is 2.38. The molecule has 1 aromatic rings. The van der Waals surface area contributed by atoms with Gasteiger partial charge < -0.3 is 0 Å². The Morgan fingerprint density at radius 1 is 1.33 bits per heavy atom. The van der Waals surface area contributed by atoms with Gasteiger partial charge in [-0.05, 0) is 12.7 Å². The van der Waals surface area contributed by atoms with Gasteiger partial charge in [-0.1, -0.05) is 18.5 Å². The second kappa shape index (κ2) is 4.57. The van der Waals surface area contributed by atoms with Crippen LogP contribution in [0.5, 0.6) is 0 Å². The molecule has 0 fully saturated rings. The second-order valence-corrected chi connectivity index (χ2v) is 4.30. The predicted octanol–water partition coefficient (Wildman–Crippen LogP) is 3.57. The summed E-state index contributed by atoms with van der Waals surface area (Å²) < 4.78 is 37.7. The van der Waals surface area contributed by atoms with Gasteiger partial charge in [0.2, 0.25) is 0 Å². The smallest absolute Gasteiger partial charge is 0.227 e. The summed E-state index contributed by atoms with van der Waals surface area (Å²) in [4.78, 5) is 6.98. The molecule has 84 valence electrons. The normalized spacial score (nSPS) is 11.9. The number of nitrogens with zero attached hydrogens (tertiary/aromatic N) is 2. The maximum atomic E-state index is 12.6. The van der Waals surface area contributed by atoms with Gasteiger partial charge in [-0.25, -0.2) is 9.97 Å². The molecule has 1 aromatic heterocycles. The van der Waals surface area contributed by atoms with E-state index in [1.807, 2.05) is 0 Å². The fourth-order valence-electron chi connectivity index (χ4n) is 0.992. The Morgan fingerprint density at radius 2 is 1.93 bits per heavy atom. The molecule has 0 saturated heterocycles. The Hall–Kier alpha value is -0.490. The standard InChI is InChI=1S/C8H8ClF3N2S/c1-3-15-5-6(8(10,11)12)13-4(2)14-7(5)9/h3H2,1-2H3. The summed E-state index contributed by atoms with van der Waals surface area (Å²) in [5, 5.41) is -0.137. The number of hydrogen-bond donors (Lipinski definition) is 0. The zero-order valence-corrected chi connectivity index (χ0v) is 9.59. The molecule has 0 amide bonds. The zero-order valence-electron chi connectivity index (χ0n) is 8.02. The van der Waals surface area contributed by atoms with Crippen LogP contribution in [0.25, 0.3) is 0 Å². The van der Waals surface area contributed by atoms with Gasteiger partial charge in [0.25, 0.3) is 0 Å².